The molecule has 1 rings (SSSR count). The van der Waals surface area contributed by atoms with Crippen LogP contribution in [0.3, 0.4) is 0 Å². The third kappa shape index (κ3) is 16.3. The van der Waals surface area contributed by atoms with Crippen LogP contribution in [0.25, 0.3) is 0 Å². The van der Waals surface area contributed by atoms with Gasteiger partial charge in [-0.3, -0.25) is 0 Å². The lowest BCUT2D eigenvalue weighted by Gasteiger charge is -2.14. The lowest BCUT2D eigenvalue weighted by Crippen LogP contribution is -2.54. The van der Waals surface area contributed by atoms with E-state index in [-0.39, 0.29) is 26.2 Å². The Hall–Kier alpha value is -4.35. The molecule has 1 atom stereocenters. The van der Waals surface area contributed by atoms with Gasteiger partial charge in [-0.15, -0.1) is 0 Å². The maximum Gasteiger partial charge on any atom is 0.407 e. The van der Waals surface area contributed by atoms with Crippen LogP contribution in [0.1, 0.15) is 84.0 Å². The Kier molecular flexibility index (Phi) is 20.6. The summed E-state index contributed by atoms with van der Waals surface area (Å²) < 4.78 is 13.3. The quantitative estimate of drug-likeness (QED) is 0.0553. The normalized spacial score (nSPS) is 11.1. The molecule has 1 heterocycles. The standard InChI is InChI=1S/C30H46N6O9/c1-3-26(39)44-22-25(2)45-27(40)33-18-12-6-9-15-21-36-29(42)34(19-13-7-4-10-16-31-23-37)28(41)35(30(36)43)20-14-8-5-11-17-32-24-38/h3,25H,1,4-22H2,2H3,(H,33,40). The highest BCUT2D eigenvalue weighted by Crippen LogP contribution is 2.04. The van der Waals surface area contributed by atoms with Crippen molar-refractivity contribution < 1.29 is 28.7 Å². The topological polar surface area (TPSA) is 189 Å². The molecule has 0 aromatic carbocycles. The minimum atomic E-state index is -0.629. The van der Waals surface area contributed by atoms with Gasteiger partial charge in [0.15, 0.2) is 0 Å². The maximum atomic E-state index is 13.2. The van der Waals surface area contributed by atoms with E-state index in [0.717, 1.165) is 51.9 Å². The van der Waals surface area contributed by atoms with Gasteiger partial charge >= 0.3 is 29.1 Å². The average molecular weight is 635 g/mol. The summed E-state index contributed by atoms with van der Waals surface area (Å²) in [6, 6.07) is 0. The molecule has 0 radical (unpaired) electrons. The van der Waals surface area contributed by atoms with Gasteiger partial charge in [-0.25, -0.2) is 57.2 Å². The van der Waals surface area contributed by atoms with Crippen LogP contribution in [0.5, 0.6) is 0 Å². The molecule has 0 aliphatic carbocycles. The molecular weight excluding hydrogens is 588 g/mol. The third-order valence-corrected chi connectivity index (χ3v) is 6.83. The van der Waals surface area contributed by atoms with Crippen LogP contribution >= 0.6 is 0 Å². The number of carbonyl (C=O) groups is 2. The number of carbonyl (C=O) groups excluding carboxylic acids is 4. The van der Waals surface area contributed by atoms with E-state index in [1.807, 2.05) is 0 Å². The van der Waals surface area contributed by atoms with E-state index in [1.165, 1.54) is 12.2 Å². The molecule has 0 saturated carbocycles. The van der Waals surface area contributed by atoms with Gasteiger partial charge < -0.3 is 14.8 Å². The zero-order valence-corrected chi connectivity index (χ0v) is 26.2. The van der Waals surface area contributed by atoms with Crippen molar-refractivity contribution in [3.05, 3.63) is 44.1 Å². The third-order valence-electron chi connectivity index (χ3n) is 6.83. The number of nitrogens with zero attached hydrogens (tertiary/aromatic N) is 5. The van der Waals surface area contributed by atoms with Crippen LogP contribution in [0, 0.1) is 0 Å². The molecule has 1 aromatic rings. The molecule has 0 fully saturated rings. The number of aliphatic imine (C=N–C) groups is 2. The SMILES string of the molecule is C=CC(=O)OCC(C)OC(=O)NCCCCCCn1c(=O)n(CCCCCCN=C=O)c(=O)n(CCCCCCN=C=O)c1=O. The molecule has 1 unspecified atom stereocenters. The van der Waals surface area contributed by atoms with Gasteiger partial charge in [-0.05, 0) is 45.4 Å². The van der Waals surface area contributed by atoms with Crippen molar-refractivity contribution in [2.24, 2.45) is 9.98 Å². The second kappa shape index (κ2) is 24.0. The van der Waals surface area contributed by atoms with Crippen LogP contribution in [-0.2, 0) is 43.5 Å². The van der Waals surface area contributed by atoms with Crippen molar-refractivity contribution in [3.8, 4) is 0 Å². The Labute approximate surface area is 262 Å². The number of hydrogen-bond donors (Lipinski definition) is 1. The van der Waals surface area contributed by atoms with Gasteiger partial charge in [0.2, 0.25) is 12.2 Å². The first-order valence-corrected chi connectivity index (χ1v) is 15.5. The molecule has 250 valence electrons. The molecule has 15 nitrogen and oxygen atoms in total. The van der Waals surface area contributed by atoms with Gasteiger partial charge in [0, 0.05) is 32.3 Å². The summed E-state index contributed by atoms with van der Waals surface area (Å²) in [6.07, 6.45) is 10.9. The number of rotatable bonds is 25. The number of hydrogen-bond acceptors (Lipinski definition) is 11. The van der Waals surface area contributed by atoms with Gasteiger partial charge in [0.1, 0.15) is 12.7 Å². The van der Waals surface area contributed by atoms with Crippen molar-refractivity contribution in [3.63, 3.8) is 0 Å². The van der Waals surface area contributed by atoms with Gasteiger partial charge in [0.05, 0.1) is 13.1 Å². The van der Waals surface area contributed by atoms with Crippen LogP contribution in [0.4, 0.5) is 4.79 Å². The molecule has 1 amide bonds. The first-order chi connectivity index (χ1) is 21.8. The summed E-state index contributed by atoms with van der Waals surface area (Å²) in [5.41, 5.74) is -1.88. The van der Waals surface area contributed by atoms with E-state index >= 15 is 0 Å². The fourth-order valence-electron chi connectivity index (χ4n) is 4.43. The second-order valence-corrected chi connectivity index (χ2v) is 10.5. The fraction of sp³-hybridized carbons (Fsp3) is 0.700. The number of unbranched alkanes of at least 4 members (excludes halogenated alkanes) is 9. The summed E-state index contributed by atoms with van der Waals surface area (Å²) in [4.78, 5) is 89.9. The van der Waals surface area contributed by atoms with Crippen molar-refractivity contribution in [1.82, 2.24) is 19.0 Å². The zero-order valence-electron chi connectivity index (χ0n) is 26.2. The minimum absolute atomic E-state index is 0.0807. The minimum Gasteiger partial charge on any atom is -0.459 e. The number of amides is 1. The Morgan fingerprint density at radius 3 is 1.60 bits per heavy atom. The van der Waals surface area contributed by atoms with Gasteiger partial charge in [-0.1, -0.05) is 45.1 Å². The van der Waals surface area contributed by atoms with E-state index in [0.29, 0.717) is 64.6 Å². The van der Waals surface area contributed by atoms with Crippen LogP contribution < -0.4 is 22.4 Å². The number of nitrogens with one attached hydrogen (secondary N) is 1. The molecule has 45 heavy (non-hydrogen) atoms. The number of ether oxygens (including phenoxy) is 2. The number of isocyanates is 2. The number of aromatic nitrogens is 3. The predicted octanol–water partition coefficient (Wildman–Crippen LogP) is 2.37. The van der Waals surface area contributed by atoms with E-state index < -0.39 is 35.2 Å². The molecule has 0 aliphatic rings. The second-order valence-electron chi connectivity index (χ2n) is 10.5. The zero-order chi connectivity index (χ0) is 33.3. The summed E-state index contributed by atoms with van der Waals surface area (Å²) in [7, 11) is 0. The van der Waals surface area contributed by atoms with E-state index in [4.69, 9.17) is 9.47 Å². The van der Waals surface area contributed by atoms with Crippen molar-refractivity contribution >= 4 is 24.2 Å². The Bertz CT molecular complexity index is 1270. The first kappa shape index (κ1) is 38.7. The summed E-state index contributed by atoms with van der Waals surface area (Å²) in [5, 5.41) is 2.63. The smallest absolute Gasteiger partial charge is 0.407 e. The van der Waals surface area contributed by atoms with Gasteiger partial charge in [0.25, 0.3) is 0 Å². The molecule has 0 aliphatic heterocycles. The van der Waals surface area contributed by atoms with Gasteiger partial charge in [-0.2, -0.15) is 0 Å². The highest BCUT2D eigenvalue weighted by Gasteiger charge is 2.15. The summed E-state index contributed by atoms with van der Waals surface area (Å²) in [6.45, 7) is 6.44. The van der Waals surface area contributed by atoms with Crippen LogP contribution in [-0.4, -0.2) is 70.3 Å². The highest BCUT2D eigenvalue weighted by atomic mass is 16.6. The lowest BCUT2D eigenvalue weighted by atomic mass is 10.2. The molecule has 0 spiro atoms. The van der Waals surface area contributed by atoms with Crippen LogP contribution in [0.15, 0.2) is 37.0 Å². The average Bonchev–Trinajstić information content (AvgIpc) is 3.02. The summed E-state index contributed by atoms with van der Waals surface area (Å²) in [5.74, 6) is -0.602. The predicted molar refractivity (Wildman–Crippen MR) is 166 cm³/mol. The lowest BCUT2D eigenvalue weighted by molar-refractivity contribution is -0.140. The number of alkyl carbamates (subject to hydrolysis) is 1. The van der Waals surface area contributed by atoms with E-state index in [9.17, 15) is 33.6 Å². The Morgan fingerprint density at radius 1 is 0.756 bits per heavy atom. The van der Waals surface area contributed by atoms with Crippen molar-refractivity contribution in [2.45, 2.75) is 110 Å². The molecule has 15 heteroatoms. The van der Waals surface area contributed by atoms with Crippen LogP contribution in [0.2, 0.25) is 0 Å². The van der Waals surface area contributed by atoms with E-state index in [1.54, 1.807) is 6.92 Å². The van der Waals surface area contributed by atoms with Crippen molar-refractivity contribution in [1.29, 1.82) is 0 Å². The summed E-state index contributed by atoms with van der Waals surface area (Å²) >= 11 is 0. The number of esters is 1. The maximum absolute atomic E-state index is 13.2. The molecule has 1 aromatic heterocycles. The molecular formula is C30H46N6O9. The Morgan fingerprint density at radius 2 is 1.18 bits per heavy atom. The Balaban J connectivity index is 2.70. The largest absolute Gasteiger partial charge is 0.459 e. The highest BCUT2D eigenvalue weighted by molar-refractivity contribution is 5.81. The molecule has 1 N–H and O–H groups in total. The first-order valence-electron chi connectivity index (χ1n) is 15.5. The molecule has 0 bridgehead atoms. The fourth-order valence-corrected chi connectivity index (χ4v) is 4.43. The van der Waals surface area contributed by atoms with E-state index in [2.05, 4.69) is 21.9 Å². The van der Waals surface area contributed by atoms with Crippen molar-refractivity contribution in [2.75, 3.05) is 26.2 Å². The molecule has 0 saturated heterocycles. The monoisotopic (exact) mass is 634 g/mol.